The Kier molecular flexibility index (Phi) is 5.54. The Hall–Kier alpha value is -3.68. The molecule has 7 nitrogen and oxygen atoms in total. The largest absolute Gasteiger partial charge is 0.366 e. The fourth-order valence-electron chi connectivity index (χ4n) is 7.04. The van der Waals surface area contributed by atoms with E-state index in [1.54, 1.807) is 6.20 Å². The van der Waals surface area contributed by atoms with Gasteiger partial charge >= 0.3 is 0 Å². The van der Waals surface area contributed by atoms with Gasteiger partial charge in [-0.25, -0.2) is 15.0 Å². The number of aromatic amines is 1. The third kappa shape index (κ3) is 3.71. The Labute approximate surface area is 238 Å². The van der Waals surface area contributed by atoms with Gasteiger partial charge in [0.2, 0.25) is 0 Å². The minimum Gasteiger partial charge on any atom is -0.366 e. The Morgan fingerprint density at radius 2 is 1.88 bits per heavy atom. The molecule has 8 rings (SSSR count). The van der Waals surface area contributed by atoms with E-state index in [0.29, 0.717) is 11.1 Å². The van der Waals surface area contributed by atoms with E-state index in [9.17, 15) is 0 Å². The summed E-state index contributed by atoms with van der Waals surface area (Å²) in [6.45, 7) is 1.83. The molecule has 3 aromatic heterocycles. The van der Waals surface area contributed by atoms with Crippen molar-refractivity contribution in [2.24, 2.45) is 11.1 Å². The van der Waals surface area contributed by atoms with Gasteiger partial charge < -0.3 is 20.9 Å². The van der Waals surface area contributed by atoms with Gasteiger partial charge in [0, 0.05) is 48.7 Å². The molecule has 40 heavy (non-hydrogen) atoms. The maximum atomic E-state index is 6.95. The summed E-state index contributed by atoms with van der Waals surface area (Å²) in [5.74, 6) is 1.64. The quantitative estimate of drug-likeness (QED) is 0.233. The molecule has 1 spiro atoms. The van der Waals surface area contributed by atoms with Crippen LogP contribution in [0.2, 0.25) is 5.02 Å². The Bertz CT molecular complexity index is 1750. The van der Waals surface area contributed by atoms with Gasteiger partial charge in [-0.15, -0.1) is 0 Å². The van der Waals surface area contributed by atoms with Gasteiger partial charge in [0.15, 0.2) is 5.65 Å². The second-order valence-corrected chi connectivity index (χ2v) is 12.2. The molecule has 1 saturated heterocycles. The van der Waals surface area contributed by atoms with Crippen molar-refractivity contribution in [3.8, 4) is 11.1 Å². The summed E-state index contributed by atoms with van der Waals surface area (Å²) in [4.78, 5) is 20.0. The first kappa shape index (κ1) is 24.1. The highest BCUT2D eigenvalue weighted by atomic mass is 35.5. The fraction of sp³-hybridized carbons (Fsp3) is 0.344. The van der Waals surface area contributed by atoms with Gasteiger partial charge in [0.1, 0.15) is 17.2 Å². The molecule has 202 valence electrons. The summed E-state index contributed by atoms with van der Waals surface area (Å²) in [5, 5.41) is 6.77. The molecule has 0 unspecified atom stereocenters. The third-order valence-electron chi connectivity index (χ3n) is 9.68. The average molecular weight is 550 g/mol. The standard InChI is InChI=1S/C32H32ClN7/c33-27-22(10-13-35-30(27)38-20-5-3-6-20)25-17-37-31-28(25)36-18-26(39-31)40-14-11-32(12-15-40)16-24-21-7-2-1-4-19(21)8-9-23(24)29(32)34/h1-2,4,7-10,13,17-18,20,29H,3,5-6,11-12,14-16,34H2,(H,35,38)(H,37,39)/t29-/m1/s1. The van der Waals surface area contributed by atoms with Crippen molar-refractivity contribution in [2.45, 2.75) is 50.6 Å². The number of hydrogen-bond acceptors (Lipinski definition) is 6. The first-order valence-electron chi connectivity index (χ1n) is 14.4. The van der Waals surface area contributed by atoms with Crippen LogP contribution in [0.25, 0.3) is 33.1 Å². The number of hydrogen-bond donors (Lipinski definition) is 3. The van der Waals surface area contributed by atoms with Crippen molar-refractivity contribution >= 4 is 45.2 Å². The molecular weight excluding hydrogens is 518 g/mol. The lowest BCUT2D eigenvalue weighted by Gasteiger charge is -2.42. The van der Waals surface area contributed by atoms with Crippen LogP contribution < -0.4 is 16.0 Å². The van der Waals surface area contributed by atoms with E-state index >= 15 is 0 Å². The van der Waals surface area contributed by atoms with Crippen LogP contribution in [-0.4, -0.2) is 39.1 Å². The minimum atomic E-state index is 0.0718. The molecular formula is C32H32ClN7. The van der Waals surface area contributed by atoms with Gasteiger partial charge in [-0.05, 0) is 71.9 Å². The van der Waals surface area contributed by atoms with Crippen LogP contribution in [0, 0.1) is 5.41 Å². The van der Waals surface area contributed by atoms with E-state index < -0.39 is 0 Å². The predicted octanol–water partition coefficient (Wildman–Crippen LogP) is 6.63. The number of fused-ring (bicyclic) bond motifs is 4. The number of aromatic nitrogens is 4. The topological polar surface area (TPSA) is 95.7 Å². The zero-order valence-electron chi connectivity index (χ0n) is 22.3. The van der Waals surface area contributed by atoms with Gasteiger partial charge in [0.25, 0.3) is 0 Å². The minimum absolute atomic E-state index is 0.0718. The summed E-state index contributed by atoms with van der Waals surface area (Å²) in [5.41, 5.74) is 13.3. The Morgan fingerprint density at radius 3 is 2.70 bits per heavy atom. The SMILES string of the molecule is N[C@@H]1c2ccc3ccccc3c2CC12CCN(c1cnc3c(-c4ccnc(NC5CCC5)c4Cl)c[nH]c3n1)CC2. The Balaban J connectivity index is 1.03. The number of nitrogens with zero attached hydrogens (tertiary/aromatic N) is 4. The number of rotatable bonds is 4. The van der Waals surface area contributed by atoms with E-state index in [0.717, 1.165) is 79.1 Å². The zero-order chi connectivity index (χ0) is 26.8. The lowest BCUT2D eigenvalue weighted by Crippen LogP contribution is -2.44. The first-order chi connectivity index (χ1) is 19.6. The Morgan fingerprint density at radius 1 is 1.02 bits per heavy atom. The van der Waals surface area contributed by atoms with Gasteiger partial charge in [0.05, 0.1) is 11.2 Å². The van der Waals surface area contributed by atoms with Crippen LogP contribution >= 0.6 is 11.6 Å². The molecule has 8 heteroatoms. The number of piperidine rings is 1. The van der Waals surface area contributed by atoms with Crippen LogP contribution in [-0.2, 0) is 6.42 Å². The molecule has 1 aliphatic heterocycles. The van der Waals surface area contributed by atoms with Crippen LogP contribution in [0.3, 0.4) is 0 Å². The molecule has 2 fully saturated rings. The number of pyridine rings is 1. The first-order valence-corrected chi connectivity index (χ1v) is 14.7. The van der Waals surface area contributed by atoms with Crippen molar-refractivity contribution in [3.63, 3.8) is 0 Å². The second-order valence-electron chi connectivity index (χ2n) is 11.8. The van der Waals surface area contributed by atoms with Crippen molar-refractivity contribution in [1.82, 2.24) is 19.9 Å². The summed E-state index contributed by atoms with van der Waals surface area (Å²) in [7, 11) is 0. The van der Waals surface area contributed by atoms with E-state index in [-0.39, 0.29) is 11.5 Å². The number of anilines is 2. The van der Waals surface area contributed by atoms with Gasteiger partial charge in [-0.1, -0.05) is 48.0 Å². The molecule has 2 aromatic carbocycles. The van der Waals surface area contributed by atoms with E-state index in [1.807, 2.05) is 18.5 Å². The zero-order valence-corrected chi connectivity index (χ0v) is 23.1. The lowest BCUT2D eigenvalue weighted by atomic mass is 9.73. The second kappa shape index (κ2) is 9.18. The molecule has 0 amide bonds. The van der Waals surface area contributed by atoms with Crippen molar-refractivity contribution < 1.29 is 0 Å². The highest BCUT2D eigenvalue weighted by molar-refractivity contribution is 6.36. The summed E-state index contributed by atoms with van der Waals surface area (Å²) in [6, 6.07) is 15.6. The molecule has 4 N–H and O–H groups in total. The molecule has 3 aliphatic rings. The smallest absolute Gasteiger partial charge is 0.159 e. The molecule has 1 atom stereocenters. The molecule has 4 heterocycles. The maximum absolute atomic E-state index is 6.95. The van der Waals surface area contributed by atoms with Crippen LogP contribution in [0.1, 0.15) is 49.3 Å². The number of halogens is 1. The van der Waals surface area contributed by atoms with Gasteiger partial charge in [-0.2, -0.15) is 0 Å². The monoisotopic (exact) mass is 549 g/mol. The normalized spacial score (nSPS) is 20.2. The summed E-state index contributed by atoms with van der Waals surface area (Å²) >= 11 is 6.81. The van der Waals surface area contributed by atoms with Gasteiger partial charge in [-0.3, -0.25) is 0 Å². The summed E-state index contributed by atoms with van der Waals surface area (Å²) < 4.78 is 0. The highest BCUT2D eigenvalue weighted by Crippen LogP contribution is 2.52. The molecule has 0 bridgehead atoms. The predicted molar refractivity (Wildman–Crippen MR) is 162 cm³/mol. The summed E-state index contributed by atoms with van der Waals surface area (Å²) in [6.07, 6.45) is 12.4. The number of nitrogens with two attached hydrogens (primary N) is 1. The molecule has 5 aromatic rings. The van der Waals surface area contributed by atoms with Crippen LogP contribution in [0.4, 0.5) is 11.6 Å². The van der Waals surface area contributed by atoms with Crippen molar-refractivity contribution in [2.75, 3.05) is 23.3 Å². The van der Waals surface area contributed by atoms with E-state index in [4.69, 9.17) is 27.3 Å². The lowest BCUT2D eigenvalue weighted by molar-refractivity contribution is 0.187. The maximum Gasteiger partial charge on any atom is 0.159 e. The number of benzene rings is 2. The van der Waals surface area contributed by atoms with Crippen molar-refractivity contribution in [3.05, 3.63) is 77.2 Å². The highest BCUT2D eigenvalue weighted by Gasteiger charge is 2.46. The van der Waals surface area contributed by atoms with Crippen molar-refractivity contribution in [1.29, 1.82) is 0 Å². The average Bonchev–Trinajstić information content (AvgIpc) is 3.50. The van der Waals surface area contributed by atoms with Crippen LogP contribution in [0.5, 0.6) is 0 Å². The number of H-pyrrole nitrogens is 1. The third-order valence-corrected chi connectivity index (χ3v) is 10.1. The fourth-order valence-corrected chi connectivity index (χ4v) is 7.31. The molecule has 1 saturated carbocycles. The van der Waals surface area contributed by atoms with E-state index in [1.165, 1.54) is 28.3 Å². The molecule has 2 aliphatic carbocycles. The van der Waals surface area contributed by atoms with E-state index in [2.05, 4.69) is 56.6 Å². The molecule has 0 radical (unpaired) electrons. The van der Waals surface area contributed by atoms with Crippen LogP contribution in [0.15, 0.2) is 61.1 Å². The number of nitrogens with one attached hydrogen (secondary N) is 2.